The van der Waals surface area contributed by atoms with Crippen molar-refractivity contribution in [1.29, 1.82) is 0 Å². The number of aromatic amines is 1. The molecule has 0 bridgehead atoms. The first-order chi connectivity index (χ1) is 8.89. The van der Waals surface area contributed by atoms with Gasteiger partial charge in [-0.2, -0.15) is 0 Å². The standard InChI is InChI=1S/C14H15NS3/c1-4-12(15-8-1)6-7-14(13-5-2-9-16-13)17-10-3-11-18-14/h1-2,4-9,15H,3,10-11H2. The minimum atomic E-state index is 0.123. The van der Waals surface area contributed by atoms with Gasteiger partial charge in [-0.1, -0.05) is 12.1 Å². The van der Waals surface area contributed by atoms with Crippen LogP contribution in [-0.4, -0.2) is 16.5 Å². The summed E-state index contributed by atoms with van der Waals surface area (Å²) in [6.45, 7) is 0. The first-order valence-electron chi connectivity index (χ1n) is 6.04. The van der Waals surface area contributed by atoms with Crippen molar-refractivity contribution >= 4 is 40.9 Å². The Morgan fingerprint density at radius 3 is 2.72 bits per heavy atom. The predicted octanol–water partition coefficient (Wildman–Crippen LogP) is 4.81. The summed E-state index contributed by atoms with van der Waals surface area (Å²) in [5.74, 6) is 2.50. The normalized spacial score (nSPS) is 19.3. The largest absolute Gasteiger partial charge is 0.362 e. The van der Waals surface area contributed by atoms with E-state index in [-0.39, 0.29) is 4.08 Å². The lowest BCUT2D eigenvalue weighted by Gasteiger charge is -2.32. The number of rotatable bonds is 3. The summed E-state index contributed by atoms with van der Waals surface area (Å²) < 4.78 is 0.123. The highest BCUT2D eigenvalue weighted by Crippen LogP contribution is 2.52. The van der Waals surface area contributed by atoms with Gasteiger partial charge in [-0.15, -0.1) is 34.9 Å². The molecule has 1 aliphatic rings. The van der Waals surface area contributed by atoms with Gasteiger partial charge in [0.1, 0.15) is 4.08 Å². The van der Waals surface area contributed by atoms with E-state index in [0.29, 0.717) is 0 Å². The molecule has 0 amide bonds. The zero-order chi connectivity index (χ0) is 12.3. The third-order valence-electron chi connectivity index (χ3n) is 2.89. The van der Waals surface area contributed by atoms with Crippen LogP contribution in [0, 0.1) is 0 Å². The van der Waals surface area contributed by atoms with Crippen LogP contribution in [0.3, 0.4) is 0 Å². The molecule has 4 heteroatoms. The van der Waals surface area contributed by atoms with E-state index < -0.39 is 0 Å². The minimum absolute atomic E-state index is 0.123. The third-order valence-corrected chi connectivity index (χ3v) is 7.42. The van der Waals surface area contributed by atoms with Gasteiger partial charge in [0.05, 0.1) is 0 Å². The molecule has 3 rings (SSSR count). The molecule has 2 aromatic rings. The van der Waals surface area contributed by atoms with Crippen molar-refractivity contribution < 1.29 is 0 Å². The Morgan fingerprint density at radius 1 is 1.17 bits per heavy atom. The van der Waals surface area contributed by atoms with Gasteiger partial charge in [0.2, 0.25) is 0 Å². The average Bonchev–Trinajstić information content (AvgIpc) is 3.11. The number of aromatic nitrogens is 1. The summed E-state index contributed by atoms with van der Waals surface area (Å²) in [5, 5.41) is 2.18. The maximum absolute atomic E-state index is 3.24. The minimum Gasteiger partial charge on any atom is -0.362 e. The zero-order valence-corrected chi connectivity index (χ0v) is 12.4. The molecule has 1 aliphatic heterocycles. The monoisotopic (exact) mass is 293 g/mol. The maximum Gasteiger partial charge on any atom is 0.114 e. The second kappa shape index (κ2) is 5.59. The van der Waals surface area contributed by atoms with Crippen LogP contribution in [0.5, 0.6) is 0 Å². The predicted molar refractivity (Wildman–Crippen MR) is 85.4 cm³/mol. The first-order valence-corrected chi connectivity index (χ1v) is 8.89. The molecule has 0 aromatic carbocycles. The van der Waals surface area contributed by atoms with Crippen molar-refractivity contribution in [3.63, 3.8) is 0 Å². The SMILES string of the molecule is C(=CC1(c2cccs2)SCCCS1)c1ccc[nH]1. The Hall–Kier alpha value is -0.580. The van der Waals surface area contributed by atoms with Crippen LogP contribution in [-0.2, 0) is 4.08 Å². The highest BCUT2D eigenvalue weighted by molar-refractivity contribution is 8.18. The molecule has 0 radical (unpaired) electrons. The molecule has 0 unspecified atom stereocenters. The number of H-pyrrole nitrogens is 1. The molecule has 18 heavy (non-hydrogen) atoms. The maximum atomic E-state index is 3.24. The second-order valence-corrected chi connectivity index (χ2v) is 8.04. The molecule has 1 nitrogen and oxygen atoms in total. The fourth-order valence-electron chi connectivity index (χ4n) is 1.99. The van der Waals surface area contributed by atoms with Crippen LogP contribution in [0.1, 0.15) is 17.0 Å². The summed E-state index contributed by atoms with van der Waals surface area (Å²) >= 11 is 5.99. The van der Waals surface area contributed by atoms with Gasteiger partial charge < -0.3 is 4.98 Å². The molecule has 0 saturated carbocycles. The molecule has 1 fully saturated rings. The molecule has 0 atom stereocenters. The van der Waals surface area contributed by atoms with Gasteiger partial charge in [-0.3, -0.25) is 0 Å². The lowest BCUT2D eigenvalue weighted by molar-refractivity contribution is 1.05. The summed E-state index contributed by atoms with van der Waals surface area (Å²) in [5.41, 5.74) is 1.18. The Morgan fingerprint density at radius 2 is 2.06 bits per heavy atom. The topological polar surface area (TPSA) is 15.8 Å². The van der Waals surface area contributed by atoms with Gasteiger partial charge in [-0.25, -0.2) is 0 Å². The van der Waals surface area contributed by atoms with Gasteiger partial charge in [0.25, 0.3) is 0 Å². The van der Waals surface area contributed by atoms with Crippen molar-refractivity contribution in [2.75, 3.05) is 11.5 Å². The van der Waals surface area contributed by atoms with E-state index in [1.807, 2.05) is 23.6 Å². The van der Waals surface area contributed by atoms with Crippen LogP contribution < -0.4 is 0 Å². The highest BCUT2D eigenvalue weighted by Gasteiger charge is 2.33. The third kappa shape index (κ3) is 2.56. The number of thiophene rings is 1. The summed E-state index contributed by atoms with van der Waals surface area (Å²) in [6.07, 6.45) is 7.86. The second-order valence-electron chi connectivity index (χ2n) is 4.15. The molecule has 0 aliphatic carbocycles. The highest BCUT2D eigenvalue weighted by atomic mass is 32.2. The fraction of sp³-hybridized carbons (Fsp3) is 0.286. The van der Waals surface area contributed by atoms with E-state index in [0.717, 1.165) is 0 Å². The van der Waals surface area contributed by atoms with E-state index in [1.54, 1.807) is 0 Å². The molecule has 1 N–H and O–H groups in total. The van der Waals surface area contributed by atoms with Gasteiger partial charge in [0, 0.05) is 16.8 Å². The van der Waals surface area contributed by atoms with E-state index in [1.165, 1.54) is 28.5 Å². The van der Waals surface area contributed by atoms with Crippen LogP contribution in [0.15, 0.2) is 41.9 Å². The van der Waals surface area contributed by atoms with Crippen LogP contribution in [0.4, 0.5) is 0 Å². The number of thioether (sulfide) groups is 2. The van der Waals surface area contributed by atoms with Crippen molar-refractivity contribution in [3.05, 3.63) is 52.5 Å². The molecular weight excluding hydrogens is 278 g/mol. The lowest BCUT2D eigenvalue weighted by atomic mass is 10.2. The van der Waals surface area contributed by atoms with E-state index in [4.69, 9.17) is 0 Å². The van der Waals surface area contributed by atoms with Crippen molar-refractivity contribution in [2.45, 2.75) is 10.5 Å². The van der Waals surface area contributed by atoms with E-state index >= 15 is 0 Å². The fourth-order valence-corrected chi connectivity index (χ4v) is 6.28. The molecule has 1 saturated heterocycles. The quantitative estimate of drug-likeness (QED) is 0.873. The smallest absolute Gasteiger partial charge is 0.114 e. The Labute approximate surface area is 120 Å². The number of hydrogen-bond donors (Lipinski definition) is 1. The van der Waals surface area contributed by atoms with Crippen molar-refractivity contribution in [2.24, 2.45) is 0 Å². The van der Waals surface area contributed by atoms with Crippen LogP contribution in [0.25, 0.3) is 6.08 Å². The Balaban J connectivity index is 1.90. The summed E-state index contributed by atoms with van der Waals surface area (Å²) in [4.78, 5) is 4.70. The lowest BCUT2D eigenvalue weighted by Crippen LogP contribution is -2.18. The molecule has 0 spiro atoms. The Kier molecular flexibility index (Phi) is 3.87. The Bertz CT molecular complexity index is 493. The number of hydrogen-bond acceptors (Lipinski definition) is 3. The molecule has 3 heterocycles. The zero-order valence-electron chi connectivity index (χ0n) is 9.96. The van der Waals surface area contributed by atoms with Crippen LogP contribution in [0.2, 0.25) is 0 Å². The summed E-state index contributed by atoms with van der Waals surface area (Å²) in [6, 6.07) is 8.56. The van der Waals surface area contributed by atoms with Gasteiger partial charge in [0.15, 0.2) is 0 Å². The first kappa shape index (κ1) is 12.5. The molecule has 94 valence electrons. The van der Waals surface area contributed by atoms with Crippen molar-refractivity contribution in [3.8, 4) is 0 Å². The van der Waals surface area contributed by atoms with Gasteiger partial charge >= 0.3 is 0 Å². The molecule has 2 aromatic heterocycles. The van der Waals surface area contributed by atoms with Gasteiger partial charge in [-0.05, 0) is 47.6 Å². The van der Waals surface area contributed by atoms with E-state index in [9.17, 15) is 0 Å². The van der Waals surface area contributed by atoms with Crippen molar-refractivity contribution in [1.82, 2.24) is 4.98 Å². The average molecular weight is 293 g/mol. The molecular formula is C14H15NS3. The summed E-state index contributed by atoms with van der Waals surface area (Å²) in [7, 11) is 0. The van der Waals surface area contributed by atoms with Crippen LogP contribution >= 0.6 is 34.9 Å². The number of nitrogens with one attached hydrogen (secondary N) is 1. The van der Waals surface area contributed by atoms with E-state index in [2.05, 4.69) is 64.2 Å².